The van der Waals surface area contributed by atoms with Gasteiger partial charge in [-0.15, -0.1) is 24.8 Å². The van der Waals surface area contributed by atoms with Crippen LogP contribution in [-0.4, -0.2) is 36.1 Å². The van der Waals surface area contributed by atoms with Gasteiger partial charge in [-0.05, 0) is 40.0 Å². The lowest BCUT2D eigenvalue weighted by Gasteiger charge is -2.34. The molecule has 18 heavy (non-hydrogen) atoms. The number of nitrogens with zero attached hydrogens (tertiary/aromatic N) is 2. The van der Waals surface area contributed by atoms with E-state index in [1.54, 1.807) is 0 Å². The molecule has 0 radical (unpaired) electrons. The van der Waals surface area contributed by atoms with Crippen LogP contribution in [0.1, 0.15) is 24.9 Å². The summed E-state index contributed by atoms with van der Waals surface area (Å²) in [5.41, 5.74) is 1.37. The normalized spacial score (nSPS) is 17.4. The molecule has 0 saturated carbocycles. The first-order valence-corrected chi connectivity index (χ1v) is 6.66. The van der Waals surface area contributed by atoms with Crippen LogP contribution in [0.15, 0.2) is 22.9 Å². The molecule has 0 unspecified atom stereocenters. The Bertz CT molecular complexity index is 346. The van der Waals surface area contributed by atoms with Crippen molar-refractivity contribution in [1.82, 2.24) is 15.2 Å². The van der Waals surface area contributed by atoms with E-state index < -0.39 is 0 Å². The SMILES string of the molecule is CC[C@@H](c1ccnc(Br)c1)N1CCNCC1.Cl.Cl. The van der Waals surface area contributed by atoms with Crippen molar-refractivity contribution >= 4 is 40.7 Å². The molecule has 0 amide bonds. The van der Waals surface area contributed by atoms with Gasteiger partial charge >= 0.3 is 0 Å². The lowest BCUT2D eigenvalue weighted by Crippen LogP contribution is -2.45. The second-order valence-corrected chi connectivity index (χ2v) is 4.93. The summed E-state index contributed by atoms with van der Waals surface area (Å²) in [6, 6.07) is 4.79. The number of halogens is 3. The van der Waals surface area contributed by atoms with E-state index in [4.69, 9.17) is 0 Å². The van der Waals surface area contributed by atoms with Crippen molar-refractivity contribution in [2.24, 2.45) is 0 Å². The van der Waals surface area contributed by atoms with Gasteiger partial charge in [-0.1, -0.05) is 6.92 Å². The topological polar surface area (TPSA) is 28.2 Å². The fraction of sp³-hybridized carbons (Fsp3) is 0.583. The van der Waals surface area contributed by atoms with Crippen molar-refractivity contribution in [3.63, 3.8) is 0 Å². The standard InChI is InChI=1S/C12H18BrN3.2ClH/c1-2-11(16-7-5-14-6-8-16)10-3-4-15-12(13)9-10;;/h3-4,9,11,14H,2,5-8H2,1H3;2*1H/t11-;;/m0../s1. The number of hydrogen-bond acceptors (Lipinski definition) is 3. The molecule has 1 N–H and O–H groups in total. The molecule has 1 aromatic rings. The predicted octanol–water partition coefficient (Wildman–Crippen LogP) is 3.04. The Balaban J connectivity index is 0.00000144. The molecule has 1 fully saturated rings. The van der Waals surface area contributed by atoms with Crippen LogP contribution in [-0.2, 0) is 0 Å². The lowest BCUT2D eigenvalue weighted by molar-refractivity contribution is 0.169. The van der Waals surface area contributed by atoms with Crippen LogP contribution >= 0.6 is 40.7 Å². The van der Waals surface area contributed by atoms with Gasteiger partial charge in [0.1, 0.15) is 4.60 Å². The van der Waals surface area contributed by atoms with Crippen molar-refractivity contribution in [2.45, 2.75) is 19.4 Å². The third-order valence-electron chi connectivity index (χ3n) is 3.11. The fourth-order valence-electron chi connectivity index (χ4n) is 2.32. The van der Waals surface area contributed by atoms with E-state index in [-0.39, 0.29) is 24.8 Å². The molecule has 1 aromatic heterocycles. The Morgan fingerprint density at radius 3 is 2.61 bits per heavy atom. The number of pyridine rings is 1. The van der Waals surface area contributed by atoms with Crippen molar-refractivity contribution in [3.8, 4) is 0 Å². The first kappa shape index (κ1) is 18.1. The maximum Gasteiger partial charge on any atom is 0.106 e. The summed E-state index contributed by atoms with van der Waals surface area (Å²) in [4.78, 5) is 6.74. The molecule has 0 bridgehead atoms. The molecule has 0 aromatic carbocycles. The van der Waals surface area contributed by atoms with Crippen molar-refractivity contribution in [1.29, 1.82) is 0 Å². The first-order valence-electron chi connectivity index (χ1n) is 5.87. The summed E-state index contributed by atoms with van der Waals surface area (Å²) in [5.74, 6) is 0. The van der Waals surface area contributed by atoms with Crippen LogP contribution in [0.3, 0.4) is 0 Å². The van der Waals surface area contributed by atoms with E-state index >= 15 is 0 Å². The van der Waals surface area contributed by atoms with Crippen molar-refractivity contribution in [2.75, 3.05) is 26.2 Å². The van der Waals surface area contributed by atoms with Crippen LogP contribution in [0.5, 0.6) is 0 Å². The van der Waals surface area contributed by atoms with Gasteiger partial charge in [-0.25, -0.2) is 4.98 Å². The second-order valence-electron chi connectivity index (χ2n) is 4.12. The zero-order valence-corrected chi connectivity index (χ0v) is 13.7. The summed E-state index contributed by atoms with van der Waals surface area (Å²) in [7, 11) is 0. The lowest BCUT2D eigenvalue weighted by atomic mass is 10.0. The Morgan fingerprint density at radius 1 is 1.39 bits per heavy atom. The van der Waals surface area contributed by atoms with Gasteiger partial charge in [-0.2, -0.15) is 0 Å². The molecule has 6 heteroatoms. The molecule has 0 aliphatic carbocycles. The van der Waals surface area contributed by atoms with Crippen molar-refractivity contribution in [3.05, 3.63) is 28.5 Å². The highest BCUT2D eigenvalue weighted by Crippen LogP contribution is 2.25. The van der Waals surface area contributed by atoms with Crippen LogP contribution in [0.25, 0.3) is 0 Å². The highest BCUT2D eigenvalue weighted by atomic mass is 79.9. The summed E-state index contributed by atoms with van der Waals surface area (Å²) < 4.78 is 0.929. The van der Waals surface area contributed by atoms with Crippen LogP contribution in [0, 0.1) is 0 Å². The minimum Gasteiger partial charge on any atom is -0.314 e. The molecule has 1 aliphatic rings. The number of nitrogens with one attached hydrogen (secondary N) is 1. The van der Waals surface area contributed by atoms with Gasteiger partial charge in [0.05, 0.1) is 0 Å². The van der Waals surface area contributed by atoms with E-state index in [9.17, 15) is 0 Å². The molecule has 104 valence electrons. The third kappa shape index (κ3) is 4.67. The molecular weight excluding hydrogens is 337 g/mol. The van der Waals surface area contributed by atoms with Gasteiger partial charge in [0.25, 0.3) is 0 Å². The largest absolute Gasteiger partial charge is 0.314 e. The van der Waals surface area contributed by atoms with Crippen LogP contribution in [0.4, 0.5) is 0 Å². The second kappa shape index (κ2) is 9.10. The highest BCUT2D eigenvalue weighted by molar-refractivity contribution is 9.10. The molecule has 0 spiro atoms. The first-order chi connectivity index (χ1) is 7.81. The fourth-order valence-corrected chi connectivity index (χ4v) is 2.71. The Hall–Kier alpha value is 0.130. The van der Waals surface area contributed by atoms with E-state index in [1.807, 2.05) is 6.20 Å². The highest BCUT2D eigenvalue weighted by Gasteiger charge is 2.20. The predicted molar refractivity (Wildman–Crippen MR) is 83.9 cm³/mol. The number of rotatable bonds is 3. The van der Waals surface area contributed by atoms with Gasteiger partial charge in [0.15, 0.2) is 0 Å². The summed E-state index contributed by atoms with van der Waals surface area (Å²) in [5, 5.41) is 3.39. The molecule has 1 saturated heterocycles. The molecule has 2 rings (SSSR count). The smallest absolute Gasteiger partial charge is 0.106 e. The zero-order valence-electron chi connectivity index (χ0n) is 10.4. The Morgan fingerprint density at radius 2 is 2.06 bits per heavy atom. The van der Waals surface area contributed by atoms with E-state index in [0.717, 1.165) is 37.2 Å². The average Bonchev–Trinajstić information content (AvgIpc) is 2.31. The van der Waals surface area contributed by atoms with Gasteiger partial charge in [-0.3, -0.25) is 4.90 Å². The van der Waals surface area contributed by atoms with Crippen LogP contribution in [0.2, 0.25) is 0 Å². The monoisotopic (exact) mass is 355 g/mol. The van der Waals surface area contributed by atoms with Gasteiger partial charge in [0.2, 0.25) is 0 Å². The average molecular weight is 357 g/mol. The van der Waals surface area contributed by atoms with E-state index in [1.165, 1.54) is 5.56 Å². The number of piperazine rings is 1. The van der Waals surface area contributed by atoms with Crippen LogP contribution < -0.4 is 5.32 Å². The quantitative estimate of drug-likeness (QED) is 0.843. The van der Waals surface area contributed by atoms with Crippen molar-refractivity contribution < 1.29 is 0 Å². The number of hydrogen-bond donors (Lipinski definition) is 1. The molecule has 3 nitrogen and oxygen atoms in total. The summed E-state index contributed by atoms with van der Waals surface area (Å²) in [6.07, 6.45) is 3.03. The molecule has 1 atom stereocenters. The molecule has 2 heterocycles. The summed E-state index contributed by atoms with van der Waals surface area (Å²) >= 11 is 3.44. The maximum absolute atomic E-state index is 4.19. The third-order valence-corrected chi connectivity index (χ3v) is 3.55. The number of aromatic nitrogens is 1. The Labute approximate surface area is 130 Å². The maximum atomic E-state index is 4.19. The van der Waals surface area contributed by atoms with Gasteiger partial charge < -0.3 is 5.32 Å². The molecule has 1 aliphatic heterocycles. The van der Waals surface area contributed by atoms with E-state index in [2.05, 4.69) is 50.2 Å². The minimum atomic E-state index is 0. The minimum absolute atomic E-state index is 0. The zero-order chi connectivity index (χ0) is 11.4. The Kier molecular flexibility index (Phi) is 9.17. The molecular formula is C12H20BrCl2N3. The van der Waals surface area contributed by atoms with Gasteiger partial charge in [0, 0.05) is 38.4 Å². The summed E-state index contributed by atoms with van der Waals surface area (Å²) in [6.45, 7) is 6.73. The van der Waals surface area contributed by atoms with E-state index in [0.29, 0.717) is 6.04 Å².